The van der Waals surface area contributed by atoms with Crippen LogP contribution in [-0.2, 0) is 13.2 Å². The Kier molecular flexibility index (Phi) is 9.62. The van der Waals surface area contributed by atoms with Crippen LogP contribution in [0.2, 0.25) is 15.1 Å². The van der Waals surface area contributed by atoms with Crippen molar-refractivity contribution in [3.05, 3.63) is 91.3 Å². The summed E-state index contributed by atoms with van der Waals surface area (Å²) in [5, 5.41) is 17.8. The van der Waals surface area contributed by atoms with E-state index in [9.17, 15) is 9.90 Å². The zero-order chi connectivity index (χ0) is 26.4. The van der Waals surface area contributed by atoms with Crippen molar-refractivity contribution in [3.63, 3.8) is 0 Å². The molecule has 1 aliphatic rings. The average Bonchev–Trinajstić information content (AvgIpc) is 2.87. The van der Waals surface area contributed by atoms with Crippen LogP contribution >= 0.6 is 50.7 Å². The van der Waals surface area contributed by atoms with Crippen LogP contribution in [0.4, 0.5) is 10.5 Å². The molecule has 196 valence electrons. The molecule has 0 saturated carbocycles. The van der Waals surface area contributed by atoms with Gasteiger partial charge in [-0.1, -0.05) is 68.9 Å². The largest absolute Gasteiger partial charge is 0.489 e. The third kappa shape index (κ3) is 7.99. The number of aliphatic hydroxyl groups is 1. The smallest absolute Gasteiger partial charge is 0.319 e. The third-order valence-corrected chi connectivity index (χ3v) is 7.67. The maximum atomic E-state index is 12.4. The Labute approximate surface area is 240 Å². The molecule has 3 N–H and O–H groups in total. The number of carbonyl (C=O) groups is 1. The van der Waals surface area contributed by atoms with E-state index in [0.29, 0.717) is 59.8 Å². The van der Waals surface area contributed by atoms with E-state index in [1.807, 2.05) is 36.4 Å². The van der Waals surface area contributed by atoms with E-state index in [0.717, 1.165) is 21.3 Å². The Morgan fingerprint density at radius 3 is 2.38 bits per heavy atom. The van der Waals surface area contributed by atoms with E-state index in [1.165, 1.54) is 0 Å². The molecule has 1 heterocycles. The van der Waals surface area contributed by atoms with Crippen LogP contribution in [0.15, 0.2) is 65.1 Å². The Balaban J connectivity index is 1.29. The first-order valence-electron chi connectivity index (χ1n) is 11.8. The molecule has 0 radical (unpaired) electrons. The van der Waals surface area contributed by atoms with Gasteiger partial charge in [-0.25, -0.2) is 4.79 Å². The summed E-state index contributed by atoms with van der Waals surface area (Å²) < 4.78 is 7.09. The normalized spacial score (nSPS) is 15.3. The summed E-state index contributed by atoms with van der Waals surface area (Å²) in [7, 11) is 0. The zero-order valence-corrected chi connectivity index (χ0v) is 23.8. The van der Waals surface area contributed by atoms with Crippen LogP contribution in [-0.4, -0.2) is 41.3 Å². The summed E-state index contributed by atoms with van der Waals surface area (Å²) in [5.74, 6) is 0.815. The van der Waals surface area contributed by atoms with Gasteiger partial charge in [-0.05, 0) is 60.9 Å². The van der Waals surface area contributed by atoms with Gasteiger partial charge in [-0.15, -0.1) is 0 Å². The van der Waals surface area contributed by atoms with Crippen LogP contribution < -0.4 is 15.4 Å². The van der Waals surface area contributed by atoms with Crippen LogP contribution in [0.3, 0.4) is 0 Å². The lowest BCUT2D eigenvalue weighted by molar-refractivity contribution is -0.0196. The van der Waals surface area contributed by atoms with Gasteiger partial charge in [0.25, 0.3) is 0 Å². The van der Waals surface area contributed by atoms with E-state index >= 15 is 0 Å². The topological polar surface area (TPSA) is 73.8 Å². The molecule has 0 bridgehead atoms. The second-order valence-corrected chi connectivity index (χ2v) is 11.2. The Hall–Kier alpha value is -2.00. The first-order chi connectivity index (χ1) is 17.7. The molecule has 2 amide bonds. The summed E-state index contributed by atoms with van der Waals surface area (Å²) in [6, 6.07) is 18.1. The van der Waals surface area contributed by atoms with Crippen LogP contribution in [0.1, 0.15) is 24.0 Å². The highest BCUT2D eigenvalue weighted by Gasteiger charge is 2.33. The van der Waals surface area contributed by atoms with E-state index < -0.39 is 11.6 Å². The number of likely N-dealkylation sites (tertiary alicyclic amines) is 1. The third-order valence-electron chi connectivity index (χ3n) is 6.29. The first kappa shape index (κ1) is 28.0. The second-order valence-electron chi connectivity index (χ2n) is 9.07. The molecule has 1 saturated heterocycles. The van der Waals surface area contributed by atoms with Crippen LogP contribution in [0, 0.1) is 0 Å². The Bertz CT molecular complexity index is 1220. The number of halogens is 4. The number of carbonyl (C=O) groups excluding carboxylic acids is 1. The number of benzene rings is 3. The van der Waals surface area contributed by atoms with Gasteiger partial charge >= 0.3 is 6.03 Å². The Morgan fingerprint density at radius 1 is 1.03 bits per heavy atom. The molecule has 4 rings (SSSR count). The minimum absolute atomic E-state index is 0.126. The van der Waals surface area contributed by atoms with Gasteiger partial charge in [-0.3, -0.25) is 4.90 Å². The van der Waals surface area contributed by atoms with Crippen molar-refractivity contribution < 1.29 is 14.6 Å². The minimum atomic E-state index is -0.997. The highest BCUT2D eigenvalue weighted by Crippen LogP contribution is 2.31. The van der Waals surface area contributed by atoms with E-state index in [4.69, 9.17) is 39.5 Å². The van der Waals surface area contributed by atoms with Crippen molar-refractivity contribution in [1.29, 1.82) is 0 Å². The van der Waals surface area contributed by atoms with Gasteiger partial charge < -0.3 is 20.5 Å². The van der Waals surface area contributed by atoms with Gasteiger partial charge in [0, 0.05) is 41.2 Å². The van der Waals surface area contributed by atoms with Gasteiger partial charge in [0.2, 0.25) is 0 Å². The van der Waals surface area contributed by atoms with E-state index in [1.54, 1.807) is 18.2 Å². The number of anilines is 1. The molecule has 3 aromatic rings. The summed E-state index contributed by atoms with van der Waals surface area (Å²) in [4.78, 5) is 14.6. The maximum Gasteiger partial charge on any atom is 0.319 e. The van der Waals surface area contributed by atoms with Crippen molar-refractivity contribution in [3.8, 4) is 5.75 Å². The average molecular weight is 628 g/mol. The summed E-state index contributed by atoms with van der Waals surface area (Å²) in [5.41, 5.74) is 1.44. The Morgan fingerprint density at radius 2 is 1.70 bits per heavy atom. The van der Waals surface area contributed by atoms with Gasteiger partial charge in [0.1, 0.15) is 12.4 Å². The molecule has 0 aliphatic carbocycles. The van der Waals surface area contributed by atoms with Gasteiger partial charge in [-0.2, -0.15) is 0 Å². The number of para-hydroxylation sites is 1. The van der Waals surface area contributed by atoms with Gasteiger partial charge in [0.15, 0.2) is 0 Å². The predicted molar refractivity (Wildman–Crippen MR) is 153 cm³/mol. The number of hydrogen-bond acceptors (Lipinski definition) is 4. The van der Waals surface area contributed by atoms with Crippen molar-refractivity contribution in [2.45, 2.75) is 31.6 Å². The lowest BCUT2D eigenvalue weighted by atomic mass is 9.91. The number of amides is 2. The predicted octanol–water partition coefficient (Wildman–Crippen LogP) is 7.14. The first-order valence-corrected chi connectivity index (χ1v) is 13.7. The van der Waals surface area contributed by atoms with Crippen molar-refractivity contribution in [1.82, 2.24) is 10.2 Å². The highest BCUT2D eigenvalue weighted by molar-refractivity contribution is 9.10. The maximum absolute atomic E-state index is 12.4. The molecule has 10 heteroatoms. The number of nitrogens with zero attached hydrogens (tertiary/aromatic N) is 1. The minimum Gasteiger partial charge on any atom is -0.489 e. The summed E-state index contributed by atoms with van der Waals surface area (Å²) in [6.45, 7) is 2.61. The molecule has 3 aromatic carbocycles. The molecular formula is C27H27BrCl3N3O3. The molecule has 1 fully saturated rings. The van der Waals surface area contributed by atoms with Gasteiger partial charge in [0.05, 0.1) is 21.3 Å². The SMILES string of the molecule is O=C(NCC1(O)CCN(Cc2cc(Br)ccc2OCc2ccc(Cl)cc2)CC1)Nc1c(Cl)cccc1Cl. The monoisotopic (exact) mass is 625 g/mol. The lowest BCUT2D eigenvalue weighted by Gasteiger charge is -2.38. The number of piperidine rings is 1. The highest BCUT2D eigenvalue weighted by atomic mass is 79.9. The van der Waals surface area contributed by atoms with Crippen LogP contribution in [0.25, 0.3) is 0 Å². The van der Waals surface area contributed by atoms with E-state index in [2.05, 4.69) is 37.5 Å². The standard InChI is InChI=1S/C27H27BrCl3N3O3/c28-20-6-9-24(37-16-18-4-7-21(29)8-5-18)19(14-20)15-34-12-10-27(36,11-13-34)17-32-26(35)33-25-22(30)2-1-3-23(25)31/h1-9,14,36H,10-13,15-17H2,(H2,32,33,35). The van der Waals surface area contributed by atoms with E-state index in [-0.39, 0.29) is 6.54 Å². The number of nitrogens with one attached hydrogen (secondary N) is 2. The molecule has 0 atom stereocenters. The number of urea groups is 1. The number of rotatable bonds is 8. The molecule has 37 heavy (non-hydrogen) atoms. The molecule has 0 spiro atoms. The molecule has 0 unspecified atom stereocenters. The fraction of sp³-hybridized carbons (Fsp3) is 0.296. The van der Waals surface area contributed by atoms with Crippen molar-refractivity contribution in [2.75, 3.05) is 25.0 Å². The summed E-state index contributed by atoms with van der Waals surface area (Å²) in [6.07, 6.45) is 1.05. The fourth-order valence-electron chi connectivity index (χ4n) is 4.12. The van der Waals surface area contributed by atoms with Crippen molar-refractivity contribution in [2.24, 2.45) is 0 Å². The van der Waals surface area contributed by atoms with Crippen LogP contribution in [0.5, 0.6) is 5.75 Å². The molecule has 0 aromatic heterocycles. The lowest BCUT2D eigenvalue weighted by Crippen LogP contribution is -2.51. The molecular weight excluding hydrogens is 601 g/mol. The fourth-order valence-corrected chi connectivity index (χ4v) is 5.15. The summed E-state index contributed by atoms with van der Waals surface area (Å²) >= 11 is 21.8. The number of ether oxygens (including phenoxy) is 1. The quantitative estimate of drug-likeness (QED) is 0.248. The number of hydrogen-bond donors (Lipinski definition) is 3. The molecule has 6 nitrogen and oxygen atoms in total. The van der Waals surface area contributed by atoms with Crippen molar-refractivity contribution >= 4 is 62.5 Å². The molecule has 1 aliphatic heterocycles. The second kappa shape index (κ2) is 12.7. The zero-order valence-electron chi connectivity index (χ0n) is 19.9.